The summed E-state index contributed by atoms with van der Waals surface area (Å²) in [5.74, 6) is -2.95. The lowest BCUT2D eigenvalue weighted by Crippen LogP contribution is -2.57. The van der Waals surface area contributed by atoms with Gasteiger partial charge in [-0.05, 0) is 42.2 Å². The van der Waals surface area contributed by atoms with Gasteiger partial charge in [0.15, 0.2) is 0 Å². The van der Waals surface area contributed by atoms with Gasteiger partial charge in [0.25, 0.3) is 0 Å². The summed E-state index contributed by atoms with van der Waals surface area (Å²) in [4.78, 5) is 42.5. The van der Waals surface area contributed by atoms with Gasteiger partial charge in [0.2, 0.25) is 11.8 Å². The Kier molecular flexibility index (Phi) is 7.06. The first-order chi connectivity index (χ1) is 17.8. The standard InChI is InChI=1S/C28H33BrN2O6/c1-4-15(3)20(14-32)31-24(25(33)30-18-11-10-16-8-6-7-9-17(16)12-18)28-13-19(29)23(37-28)21(22(28)26(31)34)27(35)36-5-2/h6-12,15,19-24,32H,4-5,13-14H2,1-3H3,(H,30,33)/t15-,19?,20-,21+,22-,23+,24?,28?/m0/s1. The number of halogens is 1. The molecule has 5 rings (SSSR count). The summed E-state index contributed by atoms with van der Waals surface area (Å²) in [6.07, 6.45) is 0.536. The predicted octanol–water partition coefficient (Wildman–Crippen LogP) is 3.50. The van der Waals surface area contributed by atoms with E-state index in [1.807, 2.05) is 56.3 Å². The number of anilines is 1. The number of likely N-dealkylation sites (tertiary alicyclic amines) is 1. The van der Waals surface area contributed by atoms with Crippen molar-refractivity contribution in [1.29, 1.82) is 0 Å². The van der Waals surface area contributed by atoms with Crippen LogP contribution in [0.3, 0.4) is 0 Å². The number of hydrogen-bond donors (Lipinski definition) is 2. The maximum absolute atomic E-state index is 14.1. The minimum absolute atomic E-state index is 0.0712. The van der Waals surface area contributed by atoms with Crippen molar-refractivity contribution in [3.8, 4) is 0 Å². The molecule has 2 aromatic rings. The van der Waals surface area contributed by atoms with Crippen molar-refractivity contribution in [2.75, 3.05) is 18.5 Å². The van der Waals surface area contributed by atoms with Crippen LogP contribution in [0, 0.1) is 17.8 Å². The first-order valence-electron chi connectivity index (χ1n) is 13.0. The maximum Gasteiger partial charge on any atom is 0.312 e. The Balaban J connectivity index is 1.57. The van der Waals surface area contributed by atoms with E-state index in [0.717, 1.165) is 10.8 Å². The molecule has 2 N–H and O–H groups in total. The Morgan fingerprint density at radius 2 is 1.97 bits per heavy atom. The Morgan fingerprint density at radius 1 is 1.24 bits per heavy atom. The number of benzene rings is 2. The van der Waals surface area contributed by atoms with Gasteiger partial charge in [-0.25, -0.2) is 0 Å². The highest BCUT2D eigenvalue weighted by atomic mass is 79.9. The minimum atomic E-state index is -1.20. The second-order valence-corrected chi connectivity index (χ2v) is 11.5. The normalized spacial score (nSPS) is 31.9. The number of nitrogens with one attached hydrogen (secondary N) is 1. The molecule has 0 aliphatic carbocycles. The van der Waals surface area contributed by atoms with Crippen molar-refractivity contribution in [1.82, 2.24) is 4.90 Å². The molecule has 37 heavy (non-hydrogen) atoms. The number of alkyl halides is 1. The zero-order valence-electron chi connectivity index (χ0n) is 21.2. The quantitative estimate of drug-likeness (QED) is 0.370. The highest BCUT2D eigenvalue weighted by molar-refractivity contribution is 9.09. The third-order valence-electron chi connectivity index (χ3n) is 8.40. The average molecular weight is 573 g/mol. The highest BCUT2D eigenvalue weighted by Crippen LogP contribution is 2.60. The van der Waals surface area contributed by atoms with Crippen LogP contribution in [0.5, 0.6) is 0 Å². The van der Waals surface area contributed by atoms with Crippen molar-refractivity contribution < 1.29 is 29.0 Å². The van der Waals surface area contributed by atoms with E-state index in [2.05, 4.69) is 21.2 Å². The number of nitrogens with zero attached hydrogens (tertiary/aromatic N) is 1. The molecule has 3 unspecified atom stereocenters. The molecule has 198 valence electrons. The molecule has 2 aromatic carbocycles. The van der Waals surface area contributed by atoms with Gasteiger partial charge in [0.1, 0.15) is 11.6 Å². The second kappa shape index (κ2) is 10.0. The Bertz CT molecular complexity index is 1220. The van der Waals surface area contributed by atoms with Gasteiger partial charge < -0.3 is 24.8 Å². The number of carbonyl (C=O) groups excluding carboxylic acids is 3. The van der Waals surface area contributed by atoms with Gasteiger partial charge in [-0.15, -0.1) is 0 Å². The smallest absolute Gasteiger partial charge is 0.312 e. The van der Waals surface area contributed by atoms with Crippen LogP contribution in [0.15, 0.2) is 42.5 Å². The molecular weight excluding hydrogens is 540 g/mol. The molecule has 2 bridgehead atoms. The summed E-state index contributed by atoms with van der Waals surface area (Å²) in [6, 6.07) is 11.9. The summed E-state index contributed by atoms with van der Waals surface area (Å²) in [6.45, 7) is 5.54. The zero-order chi connectivity index (χ0) is 26.5. The van der Waals surface area contributed by atoms with E-state index in [-0.39, 0.29) is 29.9 Å². The van der Waals surface area contributed by atoms with Gasteiger partial charge in [-0.2, -0.15) is 0 Å². The van der Waals surface area contributed by atoms with Gasteiger partial charge in [0, 0.05) is 10.5 Å². The number of esters is 1. The second-order valence-electron chi connectivity index (χ2n) is 10.3. The molecule has 3 saturated heterocycles. The predicted molar refractivity (Wildman–Crippen MR) is 142 cm³/mol. The fraction of sp³-hybridized carbons (Fsp3) is 0.536. The number of ether oxygens (including phenoxy) is 2. The van der Waals surface area contributed by atoms with Crippen LogP contribution >= 0.6 is 15.9 Å². The Morgan fingerprint density at radius 3 is 2.65 bits per heavy atom. The Hall–Kier alpha value is -2.49. The molecule has 0 aromatic heterocycles. The van der Waals surface area contributed by atoms with E-state index in [1.54, 1.807) is 6.92 Å². The molecule has 0 saturated carbocycles. The number of carbonyl (C=O) groups is 3. The van der Waals surface area contributed by atoms with Gasteiger partial charge >= 0.3 is 5.97 Å². The fourth-order valence-corrected chi connectivity index (χ4v) is 7.47. The largest absolute Gasteiger partial charge is 0.466 e. The molecule has 8 nitrogen and oxygen atoms in total. The molecule has 3 aliphatic rings. The summed E-state index contributed by atoms with van der Waals surface area (Å²) >= 11 is 3.65. The van der Waals surface area contributed by atoms with E-state index in [9.17, 15) is 19.5 Å². The lowest BCUT2D eigenvalue weighted by Gasteiger charge is -2.38. The van der Waals surface area contributed by atoms with Gasteiger partial charge in [-0.1, -0.05) is 66.5 Å². The number of hydrogen-bond acceptors (Lipinski definition) is 6. The molecule has 9 heteroatoms. The molecule has 0 radical (unpaired) electrons. The van der Waals surface area contributed by atoms with E-state index in [4.69, 9.17) is 9.47 Å². The molecule has 2 amide bonds. The van der Waals surface area contributed by atoms with Crippen molar-refractivity contribution in [3.05, 3.63) is 42.5 Å². The number of aliphatic hydroxyl groups is 1. The molecule has 3 fully saturated rings. The van der Waals surface area contributed by atoms with Crippen LogP contribution in [0.4, 0.5) is 5.69 Å². The number of aliphatic hydroxyl groups excluding tert-OH is 1. The van der Waals surface area contributed by atoms with Crippen LogP contribution < -0.4 is 5.32 Å². The maximum atomic E-state index is 14.1. The number of amides is 2. The van der Waals surface area contributed by atoms with E-state index < -0.39 is 47.5 Å². The van der Waals surface area contributed by atoms with Crippen LogP contribution in [-0.4, -0.2) is 69.6 Å². The minimum Gasteiger partial charge on any atom is -0.466 e. The first-order valence-corrected chi connectivity index (χ1v) is 13.9. The van der Waals surface area contributed by atoms with Crippen molar-refractivity contribution in [2.24, 2.45) is 17.8 Å². The molecule has 8 atom stereocenters. The van der Waals surface area contributed by atoms with Crippen molar-refractivity contribution in [3.63, 3.8) is 0 Å². The summed E-state index contributed by atoms with van der Waals surface area (Å²) in [5, 5.41) is 15.4. The molecule has 1 spiro atoms. The average Bonchev–Trinajstić information content (AvgIpc) is 3.48. The summed E-state index contributed by atoms with van der Waals surface area (Å²) in [7, 11) is 0. The van der Waals surface area contributed by atoms with Gasteiger partial charge in [-0.3, -0.25) is 14.4 Å². The van der Waals surface area contributed by atoms with E-state index in [1.165, 1.54) is 4.90 Å². The van der Waals surface area contributed by atoms with Crippen LogP contribution in [0.1, 0.15) is 33.6 Å². The van der Waals surface area contributed by atoms with Crippen LogP contribution in [0.2, 0.25) is 0 Å². The number of fused-ring (bicyclic) bond motifs is 2. The monoisotopic (exact) mass is 572 g/mol. The van der Waals surface area contributed by atoms with E-state index >= 15 is 0 Å². The lowest BCUT2D eigenvalue weighted by molar-refractivity contribution is -0.155. The number of rotatable bonds is 8. The Labute approximate surface area is 224 Å². The molecule has 3 heterocycles. The fourth-order valence-electron chi connectivity index (χ4n) is 6.52. The topological polar surface area (TPSA) is 105 Å². The highest BCUT2D eigenvalue weighted by Gasteiger charge is 2.77. The third kappa shape index (κ3) is 4.06. The molecule has 3 aliphatic heterocycles. The van der Waals surface area contributed by atoms with Crippen molar-refractivity contribution in [2.45, 2.75) is 62.2 Å². The van der Waals surface area contributed by atoms with Crippen LogP contribution in [0.25, 0.3) is 10.8 Å². The SMILES string of the molecule is CCOC(=O)[C@H]1[C@@H]2OC3(CC2Br)C(C(=O)Nc2ccc4ccccc4c2)N([C@@H](CO)[C@@H](C)CC)C(=O)[C@H]13. The van der Waals surface area contributed by atoms with Crippen LogP contribution in [-0.2, 0) is 23.9 Å². The first kappa shape index (κ1) is 26.1. The lowest BCUT2D eigenvalue weighted by atomic mass is 9.70. The van der Waals surface area contributed by atoms with E-state index in [0.29, 0.717) is 18.5 Å². The van der Waals surface area contributed by atoms with Gasteiger partial charge in [0.05, 0.1) is 37.2 Å². The summed E-state index contributed by atoms with van der Waals surface area (Å²) < 4.78 is 11.8. The van der Waals surface area contributed by atoms with Crippen molar-refractivity contribution >= 4 is 50.2 Å². The zero-order valence-corrected chi connectivity index (χ0v) is 22.8. The third-order valence-corrected chi connectivity index (χ3v) is 9.24. The molecular formula is C28H33BrN2O6. The summed E-state index contributed by atoms with van der Waals surface area (Å²) in [5.41, 5.74) is -0.597.